The average molecular weight is 622 g/mol. The highest BCUT2D eigenvalue weighted by atomic mass is 15.1. The van der Waals surface area contributed by atoms with Gasteiger partial charge in [-0.05, 0) is 79.9 Å². The van der Waals surface area contributed by atoms with Crippen LogP contribution >= 0.6 is 0 Å². The minimum atomic E-state index is 0.0514. The van der Waals surface area contributed by atoms with Gasteiger partial charge in [0.1, 0.15) is 0 Å². The zero-order valence-corrected chi connectivity index (χ0v) is 27.6. The van der Waals surface area contributed by atoms with Gasteiger partial charge >= 0.3 is 13.7 Å². The van der Waals surface area contributed by atoms with Crippen LogP contribution in [0.25, 0.3) is 44.5 Å². The molecule has 0 spiro atoms. The second kappa shape index (κ2) is 9.90. The van der Waals surface area contributed by atoms with Crippen LogP contribution in [0.5, 0.6) is 0 Å². The molecule has 0 unspecified atom stereocenters. The van der Waals surface area contributed by atoms with Crippen molar-refractivity contribution in [2.24, 2.45) is 0 Å². The Bertz CT molecular complexity index is 2370. The Balaban J connectivity index is 1.31. The Kier molecular flexibility index (Phi) is 5.51. The number of benzene rings is 7. The fourth-order valence-electron chi connectivity index (χ4n) is 9.64. The van der Waals surface area contributed by atoms with Crippen LogP contribution in [0.2, 0.25) is 0 Å². The Morgan fingerprint density at radius 3 is 1.10 bits per heavy atom. The van der Waals surface area contributed by atoms with Gasteiger partial charge in [-0.2, -0.15) is 0 Å². The zero-order valence-electron chi connectivity index (χ0n) is 27.6. The molecule has 0 saturated carbocycles. The lowest BCUT2D eigenvalue weighted by Crippen LogP contribution is -2.64. The number of para-hydroxylation sites is 4. The van der Waals surface area contributed by atoms with Crippen LogP contribution in [-0.2, 0) is 0 Å². The quantitative estimate of drug-likeness (QED) is 0.169. The second-order valence-electron chi connectivity index (χ2n) is 14.2. The van der Waals surface area contributed by atoms with Crippen molar-refractivity contribution in [2.45, 2.75) is 19.8 Å². The van der Waals surface area contributed by atoms with Crippen LogP contribution in [0.15, 0.2) is 152 Å². The minimum absolute atomic E-state index is 0.0514. The van der Waals surface area contributed by atoms with Gasteiger partial charge in [0.25, 0.3) is 0 Å². The van der Waals surface area contributed by atoms with Gasteiger partial charge in [-0.3, -0.25) is 0 Å². The van der Waals surface area contributed by atoms with Crippen LogP contribution in [0.4, 0.5) is 22.7 Å². The van der Waals surface area contributed by atoms with E-state index in [0.717, 1.165) is 0 Å². The monoisotopic (exact) mass is 622 g/mol. The predicted octanol–water partition coefficient (Wildman–Crippen LogP) is 8.62. The van der Waals surface area contributed by atoms with E-state index in [0.29, 0.717) is 5.92 Å². The number of nitrogens with zero attached hydrogens (tertiary/aromatic N) is 2. The second-order valence-corrected chi connectivity index (χ2v) is 14.2. The highest BCUT2D eigenvalue weighted by molar-refractivity contribution is 6.95. The number of fused-ring (bicyclic) bond motifs is 22. The Morgan fingerprint density at radius 1 is 0.367 bits per heavy atom. The summed E-state index contributed by atoms with van der Waals surface area (Å²) in [5.41, 5.74) is 22.8. The Labute approximate surface area is 288 Å². The van der Waals surface area contributed by atoms with Gasteiger partial charge in [-0.1, -0.05) is 141 Å². The lowest BCUT2D eigenvalue weighted by atomic mass is 9.38. The molecule has 0 bridgehead atoms. The standard InChI is InChI=1S/C45H32B2N2/c1-28(2)43-44-33-19-7-13-25-41(33)48-39-23-11-5-17-31(39)29-15-3-9-21-35(29)46(48)37(44)27-38-45(43)34-20-8-14-26-42(34)49-40-24-12-6-18-32(40)30-16-4-10-22-36(30)47(38)49/h3-28H,1-2H3. The van der Waals surface area contributed by atoms with Crippen molar-refractivity contribution in [3.8, 4) is 44.5 Å². The van der Waals surface area contributed by atoms with Crippen LogP contribution in [-0.4, -0.2) is 13.7 Å². The summed E-state index contributed by atoms with van der Waals surface area (Å²) in [5, 5.41) is 0. The lowest BCUT2D eigenvalue weighted by molar-refractivity contribution is 0.872. The molecule has 228 valence electrons. The maximum Gasteiger partial charge on any atom is 0.329 e. The third kappa shape index (κ3) is 3.48. The van der Waals surface area contributed by atoms with Crippen molar-refractivity contribution in [2.75, 3.05) is 9.62 Å². The number of hydrogen-bond donors (Lipinski definition) is 0. The van der Waals surface area contributed by atoms with Gasteiger partial charge < -0.3 is 9.62 Å². The molecule has 0 aromatic heterocycles. The molecule has 4 aliphatic heterocycles. The molecule has 49 heavy (non-hydrogen) atoms. The molecule has 7 aromatic rings. The van der Waals surface area contributed by atoms with E-state index < -0.39 is 0 Å². The van der Waals surface area contributed by atoms with E-state index in [2.05, 4.69) is 175 Å². The maximum atomic E-state index is 2.63. The van der Waals surface area contributed by atoms with Gasteiger partial charge in [0, 0.05) is 45.0 Å². The van der Waals surface area contributed by atoms with Gasteiger partial charge in [0.15, 0.2) is 0 Å². The number of rotatable bonds is 1. The normalized spacial score (nSPS) is 13.9. The minimum Gasteiger partial charge on any atom is -0.376 e. The molecule has 4 heteroatoms. The van der Waals surface area contributed by atoms with Crippen LogP contribution in [0, 0.1) is 0 Å². The van der Waals surface area contributed by atoms with Gasteiger partial charge in [0.05, 0.1) is 0 Å². The average Bonchev–Trinajstić information content (AvgIpc) is 3.16. The third-order valence-corrected chi connectivity index (χ3v) is 11.4. The molecule has 0 saturated heterocycles. The summed E-state index contributed by atoms with van der Waals surface area (Å²) >= 11 is 0. The van der Waals surface area contributed by atoms with E-state index in [1.807, 2.05) is 0 Å². The van der Waals surface area contributed by atoms with Crippen LogP contribution < -0.4 is 31.5 Å². The molecule has 0 amide bonds. The summed E-state index contributed by atoms with van der Waals surface area (Å²) < 4.78 is 0. The smallest absolute Gasteiger partial charge is 0.329 e. The van der Waals surface area contributed by atoms with E-state index in [1.54, 1.807) is 0 Å². The molecular formula is C45H32B2N2. The molecular weight excluding hydrogens is 590 g/mol. The molecule has 0 N–H and O–H groups in total. The third-order valence-electron chi connectivity index (χ3n) is 11.4. The SMILES string of the molecule is CC(C)c1c2c(cc3c1-c1ccccc1N1B3c3ccccc3-c3ccccc31)B1c3ccccc3-c3ccccc3N1c1ccccc1-2. The topological polar surface area (TPSA) is 6.48 Å². The highest BCUT2D eigenvalue weighted by Gasteiger charge is 2.48. The molecule has 0 fully saturated rings. The summed E-state index contributed by atoms with van der Waals surface area (Å²) in [5.74, 6) is 0.306. The molecule has 11 rings (SSSR count). The fourth-order valence-corrected chi connectivity index (χ4v) is 9.64. The summed E-state index contributed by atoms with van der Waals surface area (Å²) in [6, 6.07) is 57.0. The summed E-state index contributed by atoms with van der Waals surface area (Å²) in [4.78, 5) is 5.26. The maximum absolute atomic E-state index is 2.63. The molecule has 0 aliphatic carbocycles. The molecule has 4 aliphatic rings. The summed E-state index contributed by atoms with van der Waals surface area (Å²) in [6.07, 6.45) is 0. The largest absolute Gasteiger partial charge is 0.376 e. The van der Waals surface area contributed by atoms with E-state index in [9.17, 15) is 0 Å². The van der Waals surface area contributed by atoms with E-state index in [4.69, 9.17) is 0 Å². The van der Waals surface area contributed by atoms with Crippen molar-refractivity contribution in [1.29, 1.82) is 0 Å². The Morgan fingerprint density at radius 2 is 0.694 bits per heavy atom. The lowest BCUT2D eigenvalue weighted by Gasteiger charge is -2.47. The first-order chi connectivity index (χ1) is 24.2. The molecule has 0 atom stereocenters. The van der Waals surface area contributed by atoms with Gasteiger partial charge in [-0.15, -0.1) is 0 Å². The van der Waals surface area contributed by atoms with Gasteiger partial charge in [-0.25, -0.2) is 0 Å². The molecule has 7 aromatic carbocycles. The molecule has 0 radical (unpaired) electrons. The first-order valence-electron chi connectivity index (χ1n) is 17.6. The molecule has 4 heterocycles. The van der Waals surface area contributed by atoms with Crippen LogP contribution in [0.3, 0.4) is 0 Å². The van der Waals surface area contributed by atoms with E-state index in [-0.39, 0.29) is 13.7 Å². The van der Waals surface area contributed by atoms with Gasteiger partial charge in [0.2, 0.25) is 0 Å². The molecule has 2 nitrogen and oxygen atoms in total. The first-order valence-corrected chi connectivity index (χ1v) is 17.6. The first kappa shape index (κ1) is 27.2. The predicted molar refractivity (Wildman–Crippen MR) is 209 cm³/mol. The number of anilines is 4. The van der Waals surface area contributed by atoms with Crippen molar-refractivity contribution in [3.05, 3.63) is 157 Å². The Hall–Kier alpha value is -5.73. The fraction of sp³-hybridized carbons (Fsp3) is 0.0667. The zero-order chi connectivity index (χ0) is 32.4. The van der Waals surface area contributed by atoms with E-state index in [1.165, 1.54) is 94.7 Å². The van der Waals surface area contributed by atoms with Crippen molar-refractivity contribution in [1.82, 2.24) is 0 Å². The number of hydrogen-bond acceptors (Lipinski definition) is 2. The highest BCUT2D eigenvalue weighted by Crippen LogP contribution is 2.52. The van der Waals surface area contributed by atoms with Crippen molar-refractivity contribution < 1.29 is 0 Å². The van der Waals surface area contributed by atoms with Crippen molar-refractivity contribution >= 4 is 58.3 Å². The summed E-state index contributed by atoms with van der Waals surface area (Å²) in [6.45, 7) is 4.90. The summed E-state index contributed by atoms with van der Waals surface area (Å²) in [7, 11) is 0. The van der Waals surface area contributed by atoms with Crippen LogP contribution in [0.1, 0.15) is 25.3 Å². The van der Waals surface area contributed by atoms with E-state index >= 15 is 0 Å². The van der Waals surface area contributed by atoms with Crippen molar-refractivity contribution in [3.63, 3.8) is 0 Å².